The van der Waals surface area contributed by atoms with Crippen molar-refractivity contribution in [1.29, 1.82) is 0 Å². The molecule has 1 fully saturated rings. The number of carbonyl (C=O) groups is 3. The van der Waals surface area contributed by atoms with E-state index in [2.05, 4.69) is 10.6 Å². The van der Waals surface area contributed by atoms with Crippen molar-refractivity contribution in [1.82, 2.24) is 10.6 Å². The lowest BCUT2D eigenvalue weighted by Crippen LogP contribution is -2.63. The Labute approximate surface area is 108 Å². The van der Waals surface area contributed by atoms with Crippen LogP contribution >= 0.6 is 0 Å². The van der Waals surface area contributed by atoms with Gasteiger partial charge in [-0.05, 0) is 12.8 Å². The van der Waals surface area contributed by atoms with Crippen LogP contribution in [0.15, 0.2) is 0 Å². The molecule has 3 unspecified atom stereocenters. The minimum absolute atomic E-state index is 0.00425. The van der Waals surface area contributed by atoms with Gasteiger partial charge in [0.25, 0.3) is 5.91 Å². The lowest BCUT2D eigenvalue weighted by Gasteiger charge is -2.34. The Morgan fingerprint density at radius 1 is 1.58 bits per heavy atom. The summed E-state index contributed by atoms with van der Waals surface area (Å²) >= 11 is 0. The van der Waals surface area contributed by atoms with Gasteiger partial charge in [0.15, 0.2) is 5.60 Å². The molecule has 7 N–H and O–H groups in total. The zero-order valence-corrected chi connectivity index (χ0v) is 10.1. The Kier molecular flexibility index (Phi) is 4.81. The first-order chi connectivity index (χ1) is 8.84. The van der Waals surface area contributed by atoms with Crippen LogP contribution in [-0.2, 0) is 14.4 Å². The molecule has 19 heavy (non-hydrogen) atoms. The fraction of sp³-hybridized carbons (Fsp3) is 0.700. The van der Waals surface area contributed by atoms with Gasteiger partial charge in [0.2, 0.25) is 5.91 Å². The summed E-state index contributed by atoms with van der Waals surface area (Å²) in [6.45, 7) is -1.02. The molecule has 1 saturated heterocycles. The SMILES string of the molecule is NCC1(O)CCC(C(=O)NC(CO)C(=O)O)NC1=O. The predicted octanol–water partition coefficient (Wildman–Crippen LogP) is -3.48. The lowest BCUT2D eigenvalue weighted by molar-refractivity contribution is -0.148. The van der Waals surface area contributed by atoms with Crippen LogP contribution in [0.5, 0.6) is 0 Å². The van der Waals surface area contributed by atoms with Crippen LogP contribution in [0.2, 0.25) is 0 Å². The average Bonchev–Trinajstić information content (AvgIpc) is 2.38. The summed E-state index contributed by atoms with van der Waals surface area (Å²) in [5.41, 5.74) is 3.57. The number of aliphatic carboxylic acids is 1. The standard InChI is InChI=1S/C10H17N3O6/c11-4-10(19)2-1-5(13-9(10)18)7(15)12-6(3-14)8(16)17/h5-6,14,19H,1-4,11H2,(H,12,15)(H,13,18)(H,16,17). The van der Waals surface area contributed by atoms with Crippen LogP contribution in [0.4, 0.5) is 0 Å². The Bertz CT molecular complexity index is 387. The van der Waals surface area contributed by atoms with E-state index in [0.29, 0.717) is 0 Å². The van der Waals surface area contributed by atoms with Crippen LogP contribution in [0.3, 0.4) is 0 Å². The second-order valence-electron chi connectivity index (χ2n) is 4.38. The number of carboxylic acids is 1. The quantitative estimate of drug-likeness (QED) is 0.303. The predicted molar refractivity (Wildman–Crippen MR) is 61.8 cm³/mol. The smallest absolute Gasteiger partial charge is 0.328 e. The average molecular weight is 275 g/mol. The molecule has 1 aliphatic heterocycles. The molecule has 1 aliphatic rings. The molecular weight excluding hydrogens is 258 g/mol. The maximum atomic E-state index is 11.7. The van der Waals surface area contributed by atoms with E-state index in [1.54, 1.807) is 0 Å². The molecule has 3 atom stereocenters. The summed E-state index contributed by atoms with van der Waals surface area (Å²) in [6.07, 6.45) is 0.132. The topological polar surface area (TPSA) is 162 Å². The van der Waals surface area contributed by atoms with Gasteiger partial charge in [-0.15, -0.1) is 0 Å². The maximum Gasteiger partial charge on any atom is 0.328 e. The number of hydrogen-bond donors (Lipinski definition) is 6. The molecule has 108 valence electrons. The largest absolute Gasteiger partial charge is 0.480 e. The van der Waals surface area contributed by atoms with Crippen molar-refractivity contribution < 1.29 is 29.7 Å². The van der Waals surface area contributed by atoms with Crippen molar-refractivity contribution in [3.63, 3.8) is 0 Å². The molecule has 0 spiro atoms. The van der Waals surface area contributed by atoms with E-state index in [4.69, 9.17) is 15.9 Å². The van der Waals surface area contributed by atoms with Gasteiger partial charge in [-0.3, -0.25) is 9.59 Å². The Hall–Kier alpha value is -1.71. The first kappa shape index (κ1) is 15.3. The fourth-order valence-electron chi connectivity index (χ4n) is 1.71. The van der Waals surface area contributed by atoms with Crippen molar-refractivity contribution in [2.45, 2.75) is 30.5 Å². The number of amides is 2. The molecule has 9 heteroatoms. The van der Waals surface area contributed by atoms with Gasteiger partial charge in [-0.2, -0.15) is 0 Å². The Morgan fingerprint density at radius 3 is 2.63 bits per heavy atom. The normalized spacial score (nSPS) is 28.4. The third-order valence-corrected chi connectivity index (χ3v) is 3.03. The number of rotatable bonds is 5. The number of aliphatic hydroxyl groups is 2. The first-order valence-corrected chi connectivity index (χ1v) is 5.71. The molecule has 0 aromatic heterocycles. The van der Waals surface area contributed by atoms with Crippen LogP contribution in [-0.4, -0.2) is 63.9 Å². The van der Waals surface area contributed by atoms with E-state index in [1.165, 1.54) is 0 Å². The van der Waals surface area contributed by atoms with E-state index in [-0.39, 0.29) is 19.4 Å². The second kappa shape index (κ2) is 5.95. The zero-order chi connectivity index (χ0) is 14.6. The minimum atomic E-state index is -1.69. The van der Waals surface area contributed by atoms with Gasteiger partial charge in [0, 0.05) is 6.54 Å². The van der Waals surface area contributed by atoms with Crippen molar-refractivity contribution in [2.75, 3.05) is 13.2 Å². The fourth-order valence-corrected chi connectivity index (χ4v) is 1.71. The van der Waals surface area contributed by atoms with E-state index in [0.717, 1.165) is 0 Å². The highest BCUT2D eigenvalue weighted by Gasteiger charge is 2.42. The highest BCUT2D eigenvalue weighted by Crippen LogP contribution is 2.19. The van der Waals surface area contributed by atoms with Gasteiger partial charge in [-0.25, -0.2) is 4.79 Å². The van der Waals surface area contributed by atoms with Crippen LogP contribution in [0, 0.1) is 0 Å². The summed E-state index contributed by atoms with van der Waals surface area (Å²) in [5, 5.41) is 31.6. The number of carbonyl (C=O) groups excluding carboxylic acids is 2. The van der Waals surface area contributed by atoms with E-state index >= 15 is 0 Å². The molecule has 2 amide bonds. The van der Waals surface area contributed by atoms with Gasteiger partial charge in [-0.1, -0.05) is 0 Å². The summed E-state index contributed by atoms with van der Waals surface area (Å²) in [5.74, 6) is -2.87. The maximum absolute atomic E-state index is 11.7. The third kappa shape index (κ3) is 3.40. The Balaban J connectivity index is 2.61. The molecule has 1 heterocycles. The summed E-state index contributed by atoms with van der Waals surface area (Å²) in [6, 6.07) is -2.38. The highest BCUT2D eigenvalue weighted by atomic mass is 16.4. The molecule has 0 bridgehead atoms. The second-order valence-corrected chi connectivity index (χ2v) is 4.38. The molecule has 0 radical (unpaired) electrons. The monoisotopic (exact) mass is 275 g/mol. The molecule has 0 aliphatic carbocycles. The number of aliphatic hydroxyl groups excluding tert-OH is 1. The molecular formula is C10H17N3O6. The van der Waals surface area contributed by atoms with Crippen molar-refractivity contribution >= 4 is 17.8 Å². The van der Waals surface area contributed by atoms with Crippen molar-refractivity contribution in [2.24, 2.45) is 5.73 Å². The molecule has 0 saturated carbocycles. The third-order valence-electron chi connectivity index (χ3n) is 3.03. The highest BCUT2D eigenvalue weighted by molar-refractivity contribution is 5.94. The molecule has 0 aromatic carbocycles. The van der Waals surface area contributed by atoms with E-state index < -0.39 is 42.1 Å². The first-order valence-electron chi connectivity index (χ1n) is 5.71. The molecule has 0 aromatic rings. The van der Waals surface area contributed by atoms with Gasteiger partial charge >= 0.3 is 5.97 Å². The van der Waals surface area contributed by atoms with Crippen molar-refractivity contribution in [3.05, 3.63) is 0 Å². The number of carboxylic acid groups (broad SMARTS) is 1. The number of piperidine rings is 1. The van der Waals surface area contributed by atoms with Gasteiger partial charge < -0.3 is 31.7 Å². The Morgan fingerprint density at radius 2 is 2.21 bits per heavy atom. The van der Waals surface area contributed by atoms with E-state index in [9.17, 15) is 19.5 Å². The summed E-state index contributed by atoms with van der Waals surface area (Å²) in [7, 11) is 0. The summed E-state index contributed by atoms with van der Waals surface area (Å²) in [4.78, 5) is 33.9. The molecule has 1 rings (SSSR count). The number of nitrogens with one attached hydrogen (secondary N) is 2. The van der Waals surface area contributed by atoms with Gasteiger partial charge in [0.05, 0.1) is 6.61 Å². The number of hydrogen-bond acceptors (Lipinski definition) is 6. The van der Waals surface area contributed by atoms with Crippen LogP contribution in [0.1, 0.15) is 12.8 Å². The van der Waals surface area contributed by atoms with Crippen molar-refractivity contribution in [3.8, 4) is 0 Å². The minimum Gasteiger partial charge on any atom is -0.480 e. The lowest BCUT2D eigenvalue weighted by atomic mass is 9.89. The van der Waals surface area contributed by atoms with Crippen LogP contribution < -0.4 is 16.4 Å². The zero-order valence-electron chi connectivity index (χ0n) is 10.1. The number of nitrogens with two attached hydrogens (primary N) is 1. The molecule has 9 nitrogen and oxygen atoms in total. The van der Waals surface area contributed by atoms with Crippen LogP contribution in [0.25, 0.3) is 0 Å². The summed E-state index contributed by atoms with van der Waals surface area (Å²) < 4.78 is 0. The van der Waals surface area contributed by atoms with E-state index in [1.807, 2.05) is 0 Å². The van der Waals surface area contributed by atoms with Gasteiger partial charge in [0.1, 0.15) is 12.1 Å².